The van der Waals surface area contributed by atoms with Crippen LogP contribution in [0.15, 0.2) is 17.5 Å². The molecule has 0 radical (unpaired) electrons. The third kappa shape index (κ3) is 3.78. The number of amides is 1. The second-order valence-electron chi connectivity index (χ2n) is 4.61. The number of carbonyl (C=O) groups excluding carboxylic acids is 1. The Morgan fingerprint density at radius 1 is 1.56 bits per heavy atom. The Hall–Kier alpha value is -0.940. The summed E-state index contributed by atoms with van der Waals surface area (Å²) in [5, 5.41) is 5.05. The van der Waals surface area contributed by atoms with Gasteiger partial charge in [0.25, 0.3) is 0 Å². The number of thiocarbonyl (C=S) groups is 1. The number of nitrogens with two attached hydrogens (primary N) is 1. The molecule has 1 rings (SSSR count). The predicted molar refractivity (Wildman–Crippen MR) is 80.6 cm³/mol. The van der Waals surface area contributed by atoms with Gasteiger partial charge < -0.3 is 11.1 Å². The lowest BCUT2D eigenvalue weighted by atomic mass is 9.94. The number of hydrogen-bond donors (Lipinski definition) is 2. The molecular weight excluding hydrogens is 264 g/mol. The topological polar surface area (TPSA) is 55.1 Å². The van der Waals surface area contributed by atoms with Crippen LogP contribution in [-0.4, -0.2) is 10.9 Å². The maximum Gasteiger partial charge on any atom is 0.230 e. The van der Waals surface area contributed by atoms with E-state index in [-0.39, 0.29) is 22.9 Å². The zero-order valence-electron chi connectivity index (χ0n) is 11.0. The van der Waals surface area contributed by atoms with Crippen molar-refractivity contribution in [1.29, 1.82) is 0 Å². The van der Waals surface area contributed by atoms with Crippen LogP contribution >= 0.6 is 23.6 Å². The molecule has 0 aliphatic heterocycles. The highest BCUT2D eigenvalue weighted by molar-refractivity contribution is 7.80. The van der Waals surface area contributed by atoms with E-state index in [1.807, 2.05) is 31.4 Å². The molecule has 0 saturated heterocycles. The van der Waals surface area contributed by atoms with Gasteiger partial charge in [-0.05, 0) is 23.8 Å². The van der Waals surface area contributed by atoms with Gasteiger partial charge in [-0.25, -0.2) is 0 Å². The van der Waals surface area contributed by atoms with E-state index in [2.05, 4.69) is 12.2 Å². The lowest BCUT2D eigenvalue weighted by Crippen LogP contribution is -2.42. The summed E-state index contributed by atoms with van der Waals surface area (Å²) in [5.41, 5.74) is 5.65. The Bertz CT molecular complexity index is 401. The highest BCUT2D eigenvalue weighted by Crippen LogP contribution is 2.23. The SMILES string of the molecule is CCC(NC(=O)C(C(N)=S)C(C)C)c1cccs1. The third-order valence-electron chi connectivity index (χ3n) is 2.87. The van der Waals surface area contributed by atoms with Gasteiger partial charge in [-0.1, -0.05) is 39.1 Å². The fourth-order valence-corrected chi connectivity index (χ4v) is 3.13. The smallest absolute Gasteiger partial charge is 0.230 e. The van der Waals surface area contributed by atoms with E-state index in [0.29, 0.717) is 0 Å². The largest absolute Gasteiger partial charge is 0.393 e. The minimum atomic E-state index is -0.394. The monoisotopic (exact) mass is 284 g/mol. The van der Waals surface area contributed by atoms with Crippen LogP contribution in [0.3, 0.4) is 0 Å². The average Bonchev–Trinajstić information content (AvgIpc) is 2.77. The van der Waals surface area contributed by atoms with Crippen molar-refractivity contribution in [3.8, 4) is 0 Å². The second kappa shape index (κ2) is 6.85. The Morgan fingerprint density at radius 2 is 2.22 bits per heavy atom. The molecular formula is C13H20N2OS2. The molecule has 5 heteroatoms. The second-order valence-corrected chi connectivity index (χ2v) is 6.06. The van der Waals surface area contributed by atoms with E-state index in [9.17, 15) is 4.79 Å². The fraction of sp³-hybridized carbons (Fsp3) is 0.538. The van der Waals surface area contributed by atoms with Gasteiger partial charge in [0, 0.05) is 4.88 Å². The van der Waals surface area contributed by atoms with Gasteiger partial charge in [0.05, 0.1) is 16.9 Å². The molecule has 1 amide bonds. The van der Waals surface area contributed by atoms with Crippen LogP contribution in [0.2, 0.25) is 0 Å². The number of thiophene rings is 1. The number of carbonyl (C=O) groups is 1. The molecule has 0 aromatic carbocycles. The summed E-state index contributed by atoms with van der Waals surface area (Å²) in [5.74, 6) is -0.352. The zero-order valence-corrected chi connectivity index (χ0v) is 12.6. The minimum Gasteiger partial charge on any atom is -0.393 e. The van der Waals surface area contributed by atoms with E-state index in [1.165, 1.54) is 0 Å². The van der Waals surface area contributed by atoms with Crippen molar-refractivity contribution in [2.45, 2.75) is 33.2 Å². The molecule has 3 nitrogen and oxygen atoms in total. The highest BCUT2D eigenvalue weighted by Gasteiger charge is 2.27. The standard InChI is InChI=1S/C13H20N2OS2/c1-4-9(10-6-5-7-18-10)15-13(16)11(8(2)3)12(14)17/h5-9,11H,4H2,1-3H3,(H2,14,17)(H,15,16). The number of hydrogen-bond acceptors (Lipinski definition) is 3. The molecule has 2 unspecified atom stereocenters. The maximum atomic E-state index is 12.2. The van der Waals surface area contributed by atoms with E-state index >= 15 is 0 Å². The first-order valence-corrected chi connectivity index (χ1v) is 7.39. The molecule has 0 saturated carbocycles. The van der Waals surface area contributed by atoms with Crippen LogP contribution in [0.1, 0.15) is 38.1 Å². The van der Waals surface area contributed by atoms with Gasteiger partial charge in [0.2, 0.25) is 5.91 Å². The number of nitrogens with one attached hydrogen (secondary N) is 1. The van der Waals surface area contributed by atoms with Crippen molar-refractivity contribution in [2.24, 2.45) is 17.6 Å². The van der Waals surface area contributed by atoms with Crippen LogP contribution in [0, 0.1) is 11.8 Å². The molecule has 3 N–H and O–H groups in total. The van der Waals surface area contributed by atoms with Crippen LogP contribution in [-0.2, 0) is 4.79 Å². The molecule has 1 aromatic heterocycles. The highest BCUT2D eigenvalue weighted by atomic mass is 32.1. The van der Waals surface area contributed by atoms with Gasteiger partial charge in [-0.15, -0.1) is 11.3 Å². The van der Waals surface area contributed by atoms with Crippen LogP contribution in [0.5, 0.6) is 0 Å². The Labute approximate surface area is 118 Å². The predicted octanol–water partition coefficient (Wildman–Crippen LogP) is 2.87. The minimum absolute atomic E-state index is 0.0492. The maximum absolute atomic E-state index is 12.2. The van der Waals surface area contributed by atoms with Gasteiger partial charge in [0.1, 0.15) is 0 Å². The van der Waals surface area contributed by atoms with E-state index in [0.717, 1.165) is 11.3 Å². The summed E-state index contributed by atoms with van der Waals surface area (Å²) in [6.45, 7) is 5.96. The molecule has 0 spiro atoms. The quantitative estimate of drug-likeness (QED) is 0.790. The Morgan fingerprint density at radius 3 is 2.61 bits per heavy atom. The van der Waals surface area contributed by atoms with Crippen molar-refractivity contribution in [1.82, 2.24) is 5.32 Å². The van der Waals surface area contributed by atoms with E-state index in [1.54, 1.807) is 11.3 Å². The summed E-state index contributed by atoms with van der Waals surface area (Å²) >= 11 is 6.63. The van der Waals surface area contributed by atoms with E-state index in [4.69, 9.17) is 18.0 Å². The van der Waals surface area contributed by atoms with Gasteiger partial charge in [-0.3, -0.25) is 4.79 Å². The van der Waals surface area contributed by atoms with Crippen LogP contribution < -0.4 is 11.1 Å². The summed E-state index contributed by atoms with van der Waals surface area (Å²) in [4.78, 5) is 13.6. The van der Waals surface area contributed by atoms with Crippen molar-refractivity contribution in [2.75, 3.05) is 0 Å². The van der Waals surface area contributed by atoms with Crippen molar-refractivity contribution in [3.05, 3.63) is 22.4 Å². The molecule has 1 heterocycles. The molecule has 0 fully saturated rings. The molecule has 100 valence electrons. The first kappa shape index (κ1) is 15.1. The van der Waals surface area contributed by atoms with Crippen molar-refractivity contribution < 1.29 is 4.79 Å². The molecule has 0 aliphatic rings. The van der Waals surface area contributed by atoms with Crippen molar-refractivity contribution in [3.63, 3.8) is 0 Å². The lowest BCUT2D eigenvalue weighted by molar-refractivity contribution is -0.124. The molecule has 0 bridgehead atoms. The van der Waals surface area contributed by atoms with Crippen molar-refractivity contribution >= 4 is 34.5 Å². The molecule has 2 atom stereocenters. The fourth-order valence-electron chi connectivity index (χ4n) is 1.89. The summed E-state index contributed by atoms with van der Waals surface area (Å²) in [6.07, 6.45) is 0.856. The van der Waals surface area contributed by atoms with Gasteiger partial charge >= 0.3 is 0 Å². The van der Waals surface area contributed by atoms with Crippen LogP contribution in [0.25, 0.3) is 0 Å². The molecule has 18 heavy (non-hydrogen) atoms. The van der Waals surface area contributed by atoms with E-state index < -0.39 is 5.92 Å². The summed E-state index contributed by atoms with van der Waals surface area (Å²) in [6, 6.07) is 4.07. The molecule has 0 aliphatic carbocycles. The zero-order chi connectivity index (χ0) is 13.7. The lowest BCUT2D eigenvalue weighted by Gasteiger charge is -2.22. The Kier molecular flexibility index (Phi) is 5.75. The third-order valence-corrected chi connectivity index (χ3v) is 4.11. The van der Waals surface area contributed by atoms with Gasteiger partial charge in [0.15, 0.2) is 0 Å². The summed E-state index contributed by atoms with van der Waals surface area (Å²) < 4.78 is 0. The van der Waals surface area contributed by atoms with Crippen LogP contribution in [0.4, 0.5) is 0 Å². The first-order valence-electron chi connectivity index (χ1n) is 6.10. The normalized spacial score (nSPS) is 14.2. The first-order chi connectivity index (χ1) is 8.47. The Balaban J connectivity index is 2.75. The summed E-state index contributed by atoms with van der Waals surface area (Å²) in [7, 11) is 0. The number of rotatable bonds is 6. The van der Waals surface area contributed by atoms with Gasteiger partial charge in [-0.2, -0.15) is 0 Å². The average molecular weight is 284 g/mol. The molecule has 1 aromatic rings.